The quantitative estimate of drug-likeness (QED) is 0.654. The molecule has 1 atom stereocenters. The number of nitrogens with zero attached hydrogens (tertiary/aromatic N) is 3. The molecule has 0 radical (unpaired) electrons. The van der Waals surface area contributed by atoms with E-state index >= 15 is 0 Å². The lowest BCUT2D eigenvalue weighted by Gasteiger charge is -1.99. The van der Waals surface area contributed by atoms with E-state index in [4.69, 9.17) is 10.4 Å². The number of aromatic nitrogens is 2. The topological polar surface area (TPSA) is 82.9 Å². The summed E-state index contributed by atoms with van der Waals surface area (Å²) in [7, 11) is 0. The van der Waals surface area contributed by atoms with E-state index in [2.05, 4.69) is 14.7 Å². The molecule has 1 aromatic rings. The molecule has 1 N–H and O–H groups in total. The first-order valence-electron chi connectivity index (χ1n) is 3.13. The first-order valence-corrected chi connectivity index (χ1v) is 3.13. The Morgan fingerprint density at radius 2 is 2.64 bits per heavy atom. The van der Waals surface area contributed by atoms with Crippen LogP contribution in [0.2, 0.25) is 0 Å². The van der Waals surface area contributed by atoms with Crippen LogP contribution >= 0.6 is 0 Å². The van der Waals surface area contributed by atoms with E-state index in [-0.39, 0.29) is 12.8 Å². The Labute approximate surface area is 63.3 Å². The molecule has 0 spiro atoms. The van der Waals surface area contributed by atoms with Crippen molar-refractivity contribution in [3.63, 3.8) is 0 Å². The van der Waals surface area contributed by atoms with Gasteiger partial charge >= 0.3 is 0 Å². The SMILES string of the molecule is N#CCC(O)Cc1ncno1. The Morgan fingerprint density at radius 1 is 1.82 bits per heavy atom. The Kier molecular flexibility index (Phi) is 2.58. The molecular weight excluding hydrogens is 146 g/mol. The van der Waals surface area contributed by atoms with E-state index in [1.54, 1.807) is 0 Å². The third-order valence-electron chi connectivity index (χ3n) is 1.14. The number of aliphatic hydroxyl groups excluding tert-OH is 1. The van der Waals surface area contributed by atoms with Gasteiger partial charge < -0.3 is 9.63 Å². The molecule has 5 nitrogen and oxygen atoms in total. The normalized spacial score (nSPS) is 12.4. The van der Waals surface area contributed by atoms with Gasteiger partial charge in [0.25, 0.3) is 0 Å². The summed E-state index contributed by atoms with van der Waals surface area (Å²) in [5.74, 6) is 0.354. The summed E-state index contributed by atoms with van der Waals surface area (Å²) in [5, 5.41) is 20.6. The summed E-state index contributed by atoms with van der Waals surface area (Å²) < 4.78 is 4.62. The van der Waals surface area contributed by atoms with Crippen molar-refractivity contribution >= 4 is 0 Å². The van der Waals surface area contributed by atoms with Crippen molar-refractivity contribution in [2.75, 3.05) is 0 Å². The van der Waals surface area contributed by atoms with Gasteiger partial charge in [-0.1, -0.05) is 5.16 Å². The first-order chi connectivity index (χ1) is 5.33. The molecule has 11 heavy (non-hydrogen) atoms. The highest BCUT2D eigenvalue weighted by Crippen LogP contribution is 2.00. The van der Waals surface area contributed by atoms with Crippen molar-refractivity contribution < 1.29 is 9.63 Å². The fourth-order valence-electron chi connectivity index (χ4n) is 0.665. The van der Waals surface area contributed by atoms with Gasteiger partial charge in [-0.3, -0.25) is 0 Å². The van der Waals surface area contributed by atoms with Crippen molar-refractivity contribution in [1.29, 1.82) is 5.26 Å². The number of hydrogen-bond acceptors (Lipinski definition) is 5. The minimum atomic E-state index is -0.708. The molecule has 0 amide bonds. The Morgan fingerprint density at radius 3 is 3.18 bits per heavy atom. The molecule has 5 heteroatoms. The minimum absolute atomic E-state index is 0.0857. The van der Waals surface area contributed by atoms with Crippen molar-refractivity contribution in [1.82, 2.24) is 10.1 Å². The third-order valence-corrected chi connectivity index (χ3v) is 1.14. The zero-order chi connectivity index (χ0) is 8.10. The van der Waals surface area contributed by atoms with Gasteiger partial charge in [-0.15, -0.1) is 0 Å². The molecular formula is C6H7N3O2. The summed E-state index contributed by atoms with van der Waals surface area (Å²) in [5.41, 5.74) is 0. The van der Waals surface area contributed by atoms with Crippen LogP contribution in [0.25, 0.3) is 0 Å². The van der Waals surface area contributed by atoms with Gasteiger partial charge in [0.2, 0.25) is 5.89 Å². The van der Waals surface area contributed by atoms with Crippen LogP contribution in [0.3, 0.4) is 0 Å². The zero-order valence-corrected chi connectivity index (χ0v) is 5.77. The Balaban J connectivity index is 2.38. The molecule has 58 valence electrons. The van der Waals surface area contributed by atoms with E-state index in [1.165, 1.54) is 6.33 Å². The summed E-state index contributed by atoms with van der Waals surface area (Å²) in [4.78, 5) is 3.69. The van der Waals surface area contributed by atoms with E-state index in [9.17, 15) is 0 Å². The molecule has 0 aliphatic rings. The lowest BCUT2D eigenvalue weighted by molar-refractivity contribution is 0.167. The van der Waals surface area contributed by atoms with Gasteiger partial charge in [0.15, 0.2) is 6.33 Å². The lowest BCUT2D eigenvalue weighted by atomic mass is 10.2. The second-order valence-electron chi connectivity index (χ2n) is 2.06. The van der Waals surface area contributed by atoms with E-state index < -0.39 is 6.10 Å². The monoisotopic (exact) mass is 153 g/mol. The van der Waals surface area contributed by atoms with Crippen LogP contribution in [0.15, 0.2) is 10.9 Å². The van der Waals surface area contributed by atoms with Gasteiger partial charge in [0.1, 0.15) is 0 Å². The number of aliphatic hydroxyl groups is 1. The average Bonchev–Trinajstić information content (AvgIpc) is 2.40. The summed E-state index contributed by atoms with van der Waals surface area (Å²) in [6, 6.07) is 1.84. The molecule has 1 aromatic heterocycles. The van der Waals surface area contributed by atoms with Crippen molar-refractivity contribution in [3.05, 3.63) is 12.2 Å². The third kappa shape index (κ3) is 2.35. The number of rotatable bonds is 3. The molecule has 0 saturated carbocycles. The maximum atomic E-state index is 9.07. The number of nitriles is 1. The highest BCUT2D eigenvalue weighted by atomic mass is 16.5. The van der Waals surface area contributed by atoms with Crippen molar-refractivity contribution in [2.24, 2.45) is 0 Å². The van der Waals surface area contributed by atoms with Gasteiger partial charge in [0, 0.05) is 0 Å². The fourth-order valence-corrected chi connectivity index (χ4v) is 0.665. The van der Waals surface area contributed by atoms with Crippen LogP contribution in [0.1, 0.15) is 12.3 Å². The summed E-state index contributed by atoms with van der Waals surface area (Å²) in [6.07, 6.45) is 0.880. The summed E-state index contributed by atoms with van der Waals surface area (Å²) >= 11 is 0. The highest BCUT2D eigenvalue weighted by molar-refractivity contribution is 4.83. The molecule has 0 aromatic carbocycles. The predicted octanol–water partition coefficient (Wildman–Crippen LogP) is -0.113. The van der Waals surface area contributed by atoms with Crippen LogP contribution in [0.4, 0.5) is 0 Å². The van der Waals surface area contributed by atoms with Crippen molar-refractivity contribution in [2.45, 2.75) is 18.9 Å². The van der Waals surface area contributed by atoms with E-state index in [1.807, 2.05) is 6.07 Å². The van der Waals surface area contributed by atoms with Crippen LogP contribution in [0, 0.1) is 11.3 Å². The van der Waals surface area contributed by atoms with Gasteiger partial charge in [0.05, 0.1) is 25.0 Å². The predicted molar refractivity (Wildman–Crippen MR) is 34.2 cm³/mol. The van der Waals surface area contributed by atoms with Gasteiger partial charge in [-0.25, -0.2) is 0 Å². The molecule has 1 rings (SSSR count). The molecule has 0 fully saturated rings. The van der Waals surface area contributed by atoms with Crippen molar-refractivity contribution in [3.8, 4) is 6.07 Å². The van der Waals surface area contributed by atoms with E-state index in [0.717, 1.165) is 0 Å². The summed E-state index contributed by atoms with van der Waals surface area (Å²) in [6.45, 7) is 0. The van der Waals surface area contributed by atoms with E-state index in [0.29, 0.717) is 5.89 Å². The standard InChI is InChI=1S/C6H7N3O2/c7-2-1-5(10)3-6-8-4-9-11-6/h4-5,10H,1,3H2. The van der Waals surface area contributed by atoms with Gasteiger partial charge in [-0.05, 0) is 0 Å². The second kappa shape index (κ2) is 3.68. The second-order valence-corrected chi connectivity index (χ2v) is 2.06. The first kappa shape index (κ1) is 7.69. The lowest BCUT2D eigenvalue weighted by Crippen LogP contribution is -2.09. The molecule has 0 saturated heterocycles. The maximum absolute atomic E-state index is 9.07. The molecule has 0 bridgehead atoms. The smallest absolute Gasteiger partial charge is 0.228 e. The molecule has 1 unspecified atom stereocenters. The Bertz CT molecular complexity index is 239. The molecule has 0 aliphatic carbocycles. The van der Waals surface area contributed by atoms with Crippen LogP contribution in [-0.4, -0.2) is 21.4 Å². The zero-order valence-electron chi connectivity index (χ0n) is 5.77. The molecule has 1 heterocycles. The van der Waals surface area contributed by atoms with Crippen LogP contribution in [-0.2, 0) is 6.42 Å². The number of hydrogen-bond donors (Lipinski definition) is 1. The van der Waals surface area contributed by atoms with Crippen LogP contribution < -0.4 is 0 Å². The Hall–Kier alpha value is -1.41. The van der Waals surface area contributed by atoms with Gasteiger partial charge in [-0.2, -0.15) is 10.2 Å². The maximum Gasteiger partial charge on any atom is 0.228 e. The van der Waals surface area contributed by atoms with Crippen LogP contribution in [0.5, 0.6) is 0 Å². The fraction of sp³-hybridized carbons (Fsp3) is 0.500. The molecule has 0 aliphatic heterocycles. The minimum Gasteiger partial charge on any atom is -0.392 e. The largest absolute Gasteiger partial charge is 0.392 e. The average molecular weight is 153 g/mol. The highest BCUT2D eigenvalue weighted by Gasteiger charge is 2.08.